The van der Waals surface area contributed by atoms with Crippen LogP contribution in [0, 0.1) is 0 Å². The van der Waals surface area contributed by atoms with Crippen molar-refractivity contribution in [1.29, 1.82) is 0 Å². The molecule has 29 heavy (non-hydrogen) atoms. The summed E-state index contributed by atoms with van der Waals surface area (Å²) in [7, 11) is 1.53. The third-order valence-electron chi connectivity index (χ3n) is 4.14. The summed E-state index contributed by atoms with van der Waals surface area (Å²) in [5.41, 5.74) is 0.242. The Morgan fingerprint density at radius 2 is 1.76 bits per heavy atom. The summed E-state index contributed by atoms with van der Waals surface area (Å²) in [5.74, 6) is 0.376. The van der Waals surface area contributed by atoms with Gasteiger partial charge < -0.3 is 9.47 Å². The number of ether oxygens (including phenoxy) is 2. The molecule has 1 amide bonds. The van der Waals surface area contributed by atoms with Gasteiger partial charge in [0.1, 0.15) is 11.5 Å². The first-order chi connectivity index (χ1) is 13.8. The van der Waals surface area contributed by atoms with Crippen molar-refractivity contribution in [2.45, 2.75) is 13.1 Å². The van der Waals surface area contributed by atoms with Gasteiger partial charge in [-0.25, -0.2) is 4.99 Å². The molecule has 3 aromatic rings. The second-order valence-corrected chi connectivity index (χ2v) is 6.40. The second-order valence-electron chi connectivity index (χ2n) is 6.40. The lowest BCUT2D eigenvalue weighted by Gasteiger charge is -2.11. The Bertz CT molecular complexity index is 1060. The third-order valence-corrected chi connectivity index (χ3v) is 4.14. The van der Waals surface area contributed by atoms with E-state index in [9.17, 15) is 18.0 Å². The predicted octanol–water partition coefficient (Wildman–Crippen LogP) is 5.90. The lowest BCUT2D eigenvalue weighted by molar-refractivity contribution is -0.137. The largest absolute Gasteiger partial charge is 0.457 e. The van der Waals surface area contributed by atoms with Gasteiger partial charge in [-0.15, -0.1) is 0 Å². The molecule has 0 radical (unpaired) electrons. The zero-order valence-electron chi connectivity index (χ0n) is 15.8. The molecule has 0 spiro atoms. The summed E-state index contributed by atoms with van der Waals surface area (Å²) in [6.45, 7) is 1.98. The number of amides is 1. The van der Waals surface area contributed by atoms with Gasteiger partial charge in [0.25, 0.3) is 5.91 Å². The van der Waals surface area contributed by atoms with E-state index in [1.807, 2.05) is 6.07 Å². The molecular formula is C22H18F3NO3. The van der Waals surface area contributed by atoms with Crippen molar-refractivity contribution in [1.82, 2.24) is 0 Å². The zero-order valence-corrected chi connectivity index (χ0v) is 15.8. The van der Waals surface area contributed by atoms with E-state index in [4.69, 9.17) is 9.47 Å². The first-order valence-corrected chi connectivity index (χ1v) is 8.73. The highest BCUT2D eigenvalue weighted by molar-refractivity contribution is 6.06. The Morgan fingerprint density at radius 1 is 1.03 bits per heavy atom. The fraction of sp³-hybridized carbons (Fsp3) is 0.182. The van der Waals surface area contributed by atoms with E-state index in [0.717, 1.165) is 22.9 Å². The van der Waals surface area contributed by atoms with E-state index < -0.39 is 11.7 Å². The molecule has 0 aromatic heterocycles. The highest BCUT2D eigenvalue weighted by Crippen LogP contribution is 2.33. The first kappa shape index (κ1) is 20.5. The number of alkyl halides is 3. The molecule has 7 heteroatoms. The predicted molar refractivity (Wildman–Crippen MR) is 105 cm³/mol. The van der Waals surface area contributed by atoms with Crippen molar-refractivity contribution >= 4 is 22.4 Å². The van der Waals surface area contributed by atoms with Crippen LogP contribution in [0.3, 0.4) is 0 Å². The van der Waals surface area contributed by atoms with Crippen LogP contribution in [0.1, 0.15) is 22.8 Å². The summed E-state index contributed by atoms with van der Waals surface area (Å²) in [5, 5.41) is 1.47. The van der Waals surface area contributed by atoms with Crippen molar-refractivity contribution in [3.05, 3.63) is 71.8 Å². The molecule has 150 valence electrons. The molecule has 3 aromatic carbocycles. The molecule has 0 fully saturated rings. The number of benzene rings is 3. The van der Waals surface area contributed by atoms with E-state index in [1.54, 1.807) is 37.3 Å². The molecule has 0 atom stereocenters. The minimum Gasteiger partial charge on any atom is -0.457 e. The standard InChI is InChI=1S/C22H18F3NO3/c1-14(13-28-2)26-21(27)16-6-11-19-15(12-16)4-3-5-20(19)29-18-9-7-17(8-10-18)22(23,24)25/h3-12H,13H2,1-2H3/b26-14+. The number of carbonyl (C=O) groups excluding carboxylic acids is 1. The summed E-state index contributed by atoms with van der Waals surface area (Å²) in [4.78, 5) is 16.3. The number of fused-ring (bicyclic) bond motifs is 1. The van der Waals surface area contributed by atoms with Crippen LogP contribution in [0.15, 0.2) is 65.7 Å². The number of aliphatic imine (C=N–C) groups is 1. The molecule has 0 bridgehead atoms. The average molecular weight is 401 g/mol. The van der Waals surface area contributed by atoms with Gasteiger partial charge in [0.05, 0.1) is 12.2 Å². The van der Waals surface area contributed by atoms with Crippen LogP contribution in [-0.2, 0) is 10.9 Å². The summed E-state index contributed by atoms with van der Waals surface area (Å²) in [6.07, 6.45) is -4.40. The quantitative estimate of drug-likeness (QED) is 0.500. The smallest absolute Gasteiger partial charge is 0.416 e. The monoisotopic (exact) mass is 401 g/mol. The van der Waals surface area contributed by atoms with E-state index in [-0.39, 0.29) is 18.3 Å². The minimum absolute atomic E-state index is 0.268. The molecule has 0 unspecified atom stereocenters. The zero-order chi connectivity index (χ0) is 21.0. The SMILES string of the molecule is COC/C(C)=N/C(=O)c1ccc2c(Oc3ccc(C(F)(F)F)cc3)cccc2c1. The average Bonchev–Trinajstić information content (AvgIpc) is 2.67. The van der Waals surface area contributed by atoms with Crippen LogP contribution in [0.5, 0.6) is 11.5 Å². The van der Waals surface area contributed by atoms with Gasteiger partial charge in [-0.1, -0.05) is 12.1 Å². The van der Waals surface area contributed by atoms with E-state index >= 15 is 0 Å². The maximum atomic E-state index is 12.7. The lowest BCUT2D eigenvalue weighted by Crippen LogP contribution is -2.06. The normalized spacial score (nSPS) is 12.2. The summed E-state index contributed by atoms with van der Waals surface area (Å²) in [6, 6.07) is 14.8. The lowest BCUT2D eigenvalue weighted by atomic mass is 10.1. The highest BCUT2D eigenvalue weighted by Gasteiger charge is 2.30. The molecule has 3 rings (SSSR count). The molecule has 0 aliphatic heterocycles. The molecular weight excluding hydrogens is 383 g/mol. The Labute approximate surface area is 165 Å². The third kappa shape index (κ3) is 5.00. The van der Waals surface area contributed by atoms with Crippen molar-refractivity contribution < 1.29 is 27.4 Å². The van der Waals surface area contributed by atoms with Gasteiger partial charge in [0.15, 0.2) is 0 Å². The highest BCUT2D eigenvalue weighted by atomic mass is 19.4. The van der Waals surface area contributed by atoms with E-state index in [2.05, 4.69) is 4.99 Å². The van der Waals surface area contributed by atoms with Crippen molar-refractivity contribution in [3.63, 3.8) is 0 Å². The van der Waals surface area contributed by atoms with Crippen molar-refractivity contribution in [3.8, 4) is 11.5 Å². The Kier molecular flexibility index (Phi) is 5.98. The van der Waals surface area contributed by atoms with E-state index in [1.165, 1.54) is 19.2 Å². The number of carbonyl (C=O) groups is 1. The van der Waals surface area contributed by atoms with Crippen molar-refractivity contribution in [2.75, 3.05) is 13.7 Å². The molecule has 0 aliphatic carbocycles. The fourth-order valence-electron chi connectivity index (χ4n) is 2.79. The number of nitrogens with zero attached hydrogens (tertiary/aromatic N) is 1. The van der Waals surface area contributed by atoms with Crippen LogP contribution in [-0.4, -0.2) is 25.3 Å². The van der Waals surface area contributed by atoms with Crippen LogP contribution >= 0.6 is 0 Å². The van der Waals surface area contributed by atoms with Crippen molar-refractivity contribution in [2.24, 2.45) is 4.99 Å². The topological polar surface area (TPSA) is 47.9 Å². The maximum Gasteiger partial charge on any atom is 0.416 e. The Morgan fingerprint density at radius 3 is 2.41 bits per heavy atom. The van der Waals surface area contributed by atoms with Gasteiger partial charge in [-0.05, 0) is 60.8 Å². The fourth-order valence-corrected chi connectivity index (χ4v) is 2.79. The number of hydrogen-bond acceptors (Lipinski definition) is 3. The molecule has 0 N–H and O–H groups in total. The number of methoxy groups -OCH3 is 1. The maximum absolute atomic E-state index is 12.7. The second kappa shape index (κ2) is 8.45. The molecule has 0 saturated carbocycles. The van der Waals surface area contributed by atoms with Gasteiger partial charge in [0, 0.05) is 23.8 Å². The molecule has 0 aliphatic rings. The molecule has 0 saturated heterocycles. The Hall–Kier alpha value is -3.19. The first-order valence-electron chi connectivity index (χ1n) is 8.73. The van der Waals surface area contributed by atoms with Crippen LogP contribution in [0.2, 0.25) is 0 Å². The molecule has 0 heterocycles. The minimum atomic E-state index is -4.40. The van der Waals surface area contributed by atoms with E-state index in [0.29, 0.717) is 17.0 Å². The number of rotatable bonds is 5. The molecule has 4 nitrogen and oxygen atoms in total. The van der Waals surface area contributed by atoms with Gasteiger partial charge in [-0.2, -0.15) is 13.2 Å². The Balaban J connectivity index is 1.87. The summed E-state index contributed by atoms with van der Waals surface area (Å²) < 4.78 is 48.8. The van der Waals surface area contributed by atoms with Crippen LogP contribution < -0.4 is 4.74 Å². The van der Waals surface area contributed by atoms with Gasteiger partial charge >= 0.3 is 6.18 Å². The van der Waals surface area contributed by atoms with Gasteiger partial charge in [0.2, 0.25) is 0 Å². The number of hydrogen-bond donors (Lipinski definition) is 0. The van der Waals surface area contributed by atoms with Crippen LogP contribution in [0.25, 0.3) is 10.8 Å². The number of halogens is 3. The van der Waals surface area contributed by atoms with Gasteiger partial charge in [-0.3, -0.25) is 4.79 Å². The van der Waals surface area contributed by atoms with Crippen LogP contribution in [0.4, 0.5) is 13.2 Å². The summed E-state index contributed by atoms with van der Waals surface area (Å²) >= 11 is 0.